The lowest BCUT2D eigenvalue weighted by Crippen LogP contribution is -2.00. The molecule has 0 aliphatic carbocycles. The third-order valence-electron chi connectivity index (χ3n) is 12.3. The van der Waals surface area contributed by atoms with Crippen molar-refractivity contribution >= 4 is 75.3 Å². The van der Waals surface area contributed by atoms with Gasteiger partial charge in [0.25, 0.3) is 0 Å². The molecule has 0 fully saturated rings. The Morgan fingerprint density at radius 2 is 0.968 bits per heavy atom. The molecule has 0 unspecified atom stereocenters. The summed E-state index contributed by atoms with van der Waals surface area (Å²) in [5, 5.41) is 6.92. The van der Waals surface area contributed by atoms with E-state index in [1.807, 2.05) is 54.6 Å². The predicted molar refractivity (Wildman–Crippen MR) is 262 cm³/mol. The van der Waals surface area contributed by atoms with Crippen molar-refractivity contribution in [1.29, 1.82) is 0 Å². The fourth-order valence-electron chi connectivity index (χ4n) is 9.29. The van der Waals surface area contributed by atoms with Crippen molar-refractivity contribution in [2.45, 2.75) is 0 Å². The van der Waals surface area contributed by atoms with Crippen LogP contribution in [-0.2, 0) is 0 Å². The molecular weight excluding hydrogens is 789 g/mol. The number of benzene rings is 9. The molecule has 0 radical (unpaired) electrons. The van der Waals surface area contributed by atoms with Crippen molar-refractivity contribution in [3.63, 3.8) is 0 Å². The summed E-state index contributed by atoms with van der Waals surface area (Å²) < 4.78 is 11.1. The number of thiophene rings is 1. The summed E-state index contributed by atoms with van der Waals surface area (Å²) in [5.41, 5.74) is 12.7. The van der Waals surface area contributed by atoms with Crippen LogP contribution >= 0.6 is 11.3 Å². The molecule has 13 aromatic rings. The zero-order valence-electron chi connectivity index (χ0n) is 33.7. The molecule has 0 atom stereocenters. The molecule has 0 amide bonds. The van der Waals surface area contributed by atoms with Gasteiger partial charge in [-0.05, 0) is 82.9 Å². The largest absolute Gasteiger partial charge is 0.456 e. The van der Waals surface area contributed by atoms with E-state index in [0.717, 1.165) is 49.7 Å². The molecule has 0 saturated carbocycles. The number of furan rings is 1. The molecule has 0 aliphatic heterocycles. The molecule has 0 aliphatic rings. The maximum Gasteiger partial charge on any atom is 0.164 e. The molecule has 6 heteroatoms. The van der Waals surface area contributed by atoms with Crippen molar-refractivity contribution in [3.8, 4) is 62.1 Å². The fourth-order valence-corrected chi connectivity index (χ4v) is 10.5. The minimum absolute atomic E-state index is 0.596. The lowest BCUT2D eigenvalue weighted by atomic mass is 9.98. The summed E-state index contributed by atoms with van der Waals surface area (Å²) in [5.74, 6) is 1.85. The lowest BCUT2D eigenvalue weighted by molar-refractivity contribution is 0.669. The Kier molecular flexibility index (Phi) is 8.01. The second-order valence-electron chi connectivity index (χ2n) is 16.0. The van der Waals surface area contributed by atoms with Gasteiger partial charge in [0.2, 0.25) is 0 Å². The maximum atomic E-state index is 6.29. The van der Waals surface area contributed by atoms with Crippen molar-refractivity contribution in [2.75, 3.05) is 0 Å². The second kappa shape index (κ2) is 14.2. The van der Waals surface area contributed by atoms with E-state index in [0.29, 0.717) is 17.5 Å². The predicted octanol–water partition coefficient (Wildman–Crippen LogP) is 15.6. The van der Waals surface area contributed by atoms with E-state index in [4.69, 9.17) is 19.4 Å². The van der Waals surface area contributed by atoms with E-state index in [9.17, 15) is 0 Å². The Bertz CT molecular complexity index is 3920. The molecule has 4 aromatic heterocycles. The topological polar surface area (TPSA) is 56.7 Å². The Hall–Kier alpha value is -8.19. The monoisotopic (exact) mass is 822 g/mol. The van der Waals surface area contributed by atoms with E-state index < -0.39 is 0 Å². The molecule has 5 nitrogen and oxygen atoms in total. The Morgan fingerprint density at radius 1 is 0.349 bits per heavy atom. The molecule has 13 rings (SSSR count). The Morgan fingerprint density at radius 3 is 1.83 bits per heavy atom. The first-order valence-electron chi connectivity index (χ1n) is 21.1. The Balaban J connectivity index is 0.943. The van der Waals surface area contributed by atoms with Gasteiger partial charge in [-0.1, -0.05) is 146 Å². The van der Waals surface area contributed by atoms with Crippen LogP contribution in [0.2, 0.25) is 0 Å². The van der Waals surface area contributed by atoms with Gasteiger partial charge in [0, 0.05) is 64.1 Å². The van der Waals surface area contributed by atoms with E-state index in [1.165, 1.54) is 58.8 Å². The summed E-state index contributed by atoms with van der Waals surface area (Å²) in [6.07, 6.45) is 0. The van der Waals surface area contributed by atoms with Crippen molar-refractivity contribution < 1.29 is 4.42 Å². The van der Waals surface area contributed by atoms with Gasteiger partial charge >= 0.3 is 0 Å². The quantitative estimate of drug-likeness (QED) is 0.168. The molecule has 0 spiro atoms. The molecular formula is C57H34N4OS. The summed E-state index contributed by atoms with van der Waals surface area (Å²) in [4.78, 5) is 15.4. The number of hydrogen-bond acceptors (Lipinski definition) is 5. The molecule has 0 bridgehead atoms. The second-order valence-corrected chi connectivity index (χ2v) is 17.1. The zero-order chi connectivity index (χ0) is 41.4. The average molecular weight is 823 g/mol. The van der Waals surface area contributed by atoms with Crippen LogP contribution in [0.15, 0.2) is 211 Å². The van der Waals surface area contributed by atoms with Crippen molar-refractivity contribution in [2.24, 2.45) is 0 Å². The van der Waals surface area contributed by atoms with Crippen LogP contribution in [0, 0.1) is 0 Å². The molecule has 0 saturated heterocycles. The van der Waals surface area contributed by atoms with Gasteiger partial charge in [0.05, 0.1) is 11.0 Å². The maximum absolute atomic E-state index is 6.29. The van der Waals surface area contributed by atoms with Gasteiger partial charge in [-0.15, -0.1) is 11.3 Å². The molecule has 294 valence electrons. The number of fused-ring (bicyclic) bond motifs is 9. The highest BCUT2D eigenvalue weighted by Gasteiger charge is 2.20. The normalized spacial score (nSPS) is 11.8. The fraction of sp³-hybridized carbons (Fsp3) is 0. The summed E-state index contributed by atoms with van der Waals surface area (Å²) in [7, 11) is 0. The van der Waals surface area contributed by atoms with Gasteiger partial charge in [0.1, 0.15) is 11.2 Å². The average Bonchev–Trinajstić information content (AvgIpc) is 4.03. The van der Waals surface area contributed by atoms with E-state index in [-0.39, 0.29) is 0 Å². The van der Waals surface area contributed by atoms with Crippen LogP contribution < -0.4 is 0 Å². The number of aromatic nitrogens is 4. The third kappa shape index (κ3) is 5.87. The highest BCUT2D eigenvalue weighted by atomic mass is 32.1. The van der Waals surface area contributed by atoms with Crippen LogP contribution in [0.1, 0.15) is 0 Å². The SMILES string of the molecule is c1ccc(-c2cccc(-c3ccc4c(c3)c3ccccc3n4-c3ccc4c(c3)sc3cccc(-c5nc(-c6ccccc6)nc(-c6ccc7c(c6)oc6ccccc67)n5)c34)c2)cc1. The third-order valence-corrected chi connectivity index (χ3v) is 13.4. The van der Waals surface area contributed by atoms with Gasteiger partial charge in [-0.3, -0.25) is 0 Å². The number of nitrogens with zero attached hydrogens (tertiary/aromatic N) is 4. The molecule has 63 heavy (non-hydrogen) atoms. The smallest absolute Gasteiger partial charge is 0.164 e. The zero-order valence-corrected chi connectivity index (χ0v) is 34.6. The number of rotatable bonds is 6. The highest BCUT2D eigenvalue weighted by Crippen LogP contribution is 2.43. The lowest BCUT2D eigenvalue weighted by Gasteiger charge is -2.10. The van der Waals surface area contributed by atoms with Crippen molar-refractivity contribution in [1.82, 2.24) is 19.5 Å². The van der Waals surface area contributed by atoms with Gasteiger partial charge < -0.3 is 8.98 Å². The van der Waals surface area contributed by atoms with Crippen LogP contribution in [0.25, 0.3) is 126 Å². The molecule has 0 N–H and O–H groups in total. The molecule has 4 heterocycles. The van der Waals surface area contributed by atoms with E-state index in [1.54, 1.807) is 11.3 Å². The van der Waals surface area contributed by atoms with E-state index in [2.05, 4.69) is 156 Å². The van der Waals surface area contributed by atoms with Gasteiger partial charge in [-0.2, -0.15) is 0 Å². The van der Waals surface area contributed by atoms with Crippen LogP contribution in [0.5, 0.6) is 0 Å². The van der Waals surface area contributed by atoms with Gasteiger partial charge in [0.15, 0.2) is 17.5 Å². The molecule has 9 aromatic carbocycles. The minimum Gasteiger partial charge on any atom is -0.456 e. The number of para-hydroxylation sites is 2. The van der Waals surface area contributed by atoms with Gasteiger partial charge in [-0.25, -0.2) is 15.0 Å². The van der Waals surface area contributed by atoms with Crippen molar-refractivity contribution in [3.05, 3.63) is 206 Å². The summed E-state index contributed by atoms with van der Waals surface area (Å²) >= 11 is 1.80. The Labute approximate surface area is 365 Å². The van der Waals surface area contributed by atoms with E-state index >= 15 is 0 Å². The number of hydrogen-bond donors (Lipinski definition) is 0. The summed E-state index contributed by atoms with van der Waals surface area (Å²) in [6.45, 7) is 0. The van der Waals surface area contributed by atoms with Crippen LogP contribution in [-0.4, -0.2) is 19.5 Å². The van der Waals surface area contributed by atoms with Crippen LogP contribution in [0.3, 0.4) is 0 Å². The first-order chi connectivity index (χ1) is 31.2. The summed E-state index contributed by atoms with van der Waals surface area (Å²) in [6, 6.07) is 72.9. The van der Waals surface area contributed by atoms with Crippen LogP contribution in [0.4, 0.5) is 0 Å². The standard InChI is InChI=1S/C57H34N4OS/c1-3-13-35(14-4-1)37-17-11-18-38(31-37)39-26-30-49-47(32-39)42-19-7-9-22-48(42)61(49)41-27-29-45-53(34-41)63-52-24-12-21-46(54(45)52)57-59-55(36-15-5-2-6-16-36)58-56(60-57)40-25-28-44-43-20-8-10-23-50(43)62-51(44)33-40/h1-34H. The first kappa shape index (κ1) is 35.6. The highest BCUT2D eigenvalue weighted by molar-refractivity contribution is 7.26. The first-order valence-corrected chi connectivity index (χ1v) is 21.9. The minimum atomic E-state index is 0.596.